The topological polar surface area (TPSA) is 167 Å². The third-order valence-electron chi connectivity index (χ3n) is 13.6. The highest BCUT2D eigenvalue weighted by Crippen LogP contribution is 2.62. The van der Waals surface area contributed by atoms with E-state index in [4.69, 9.17) is 38.4 Å². The van der Waals surface area contributed by atoms with Crippen molar-refractivity contribution in [3.8, 4) is 23.0 Å². The van der Waals surface area contributed by atoms with Crippen LogP contribution in [0, 0.1) is 17.8 Å². The van der Waals surface area contributed by atoms with Crippen LogP contribution in [0.25, 0.3) is 0 Å². The van der Waals surface area contributed by atoms with E-state index in [9.17, 15) is 19.8 Å². The largest absolute Gasteiger partial charge is 0.497 e. The molecule has 6 atom stereocenters. The second-order valence-electron chi connectivity index (χ2n) is 18.3. The Morgan fingerprint density at radius 1 is 0.868 bits per heavy atom. The van der Waals surface area contributed by atoms with Crippen LogP contribution < -0.4 is 24.3 Å². The number of unbranched alkanes of at least 4 members (excludes halogenated alkanes) is 11. The summed E-state index contributed by atoms with van der Waals surface area (Å²) in [6.45, 7) is 11.6. The summed E-state index contributed by atoms with van der Waals surface area (Å²) in [5.74, 6) is -0.367. The Labute approximate surface area is 405 Å². The maximum absolute atomic E-state index is 14.6. The van der Waals surface area contributed by atoms with Crippen molar-refractivity contribution in [3.63, 3.8) is 0 Å². The van der Waals surface area contributed by atoms with Gasteiger partial charge in [0.05, 0.1) is 44.8 Å². The zero-order valence-electron chi connectivity index (χ0n) is 41.6. The van der Waals surface area contributed by atoms with Crippen LogP contribution in [0.4, 0.5) is 15.3 Å². The monoisotopic (exact) mass is 948 g/mol. The highest BCUT2D eigenvalue weighted by molar-refractivity contribution is 6.03. The molecule has 0 aromatic heterocycles. The van der Waals surface area contributed by atoms with Crippen LogP contribution >= 0.6 is 0 Å². The van der Waals surface area contributed by atoms with Crippen molar-refractivity contribution >= 4 is 23.6 Å². The molecule has 14 heteroatoms. The molecule has 0 bridgehead atoms. The van der Waals surface area contributed by atoms with Crippen molar-refractivity contribution < 1.29 is 53.1 Å². The molecule has 2 aliphatic carbocycles. The minimum absolute atomic E-state index is 0.00834. The number of hydrogen-bond acceptors (Lipinski definition) is 12. The smallest absolute Gasteiger partial charge is 0.417 e. The first-order valence-electron chi connectivity index (χ1n) is 25.6. The molecule has 1 fully saturated rings. The van der Waals surface area contributed by atoms with Crippen LogP contribution in [0.3, 0.4) is 0 Å². The predicted molar refractivity (Wildman–Crippen MR) is 266 cm³/mol. The second kappa shape index (κ2) is 28.6. The average Bonchev–Trinajstić information content (AvgIpc) is 3.34. The van der Waals surface area contributed by atoms with Crippen LogP contribution in [-0.4, -0.2) is 98.6 Å². The Bertz CT molecular complexity index is 1940. The molecule has 1 heterocycles. The van der Waals surface area contributed by atoms with Gasteiger partial charge in [-0.1, -0.05) is 102 Å². The fourth-order valence-corrected chi connectivity index (χ4v) is 10.4. The van der Waals surface area contributed by atoms with E-state index in [0.717, 1.165) is 56.1 Å². The zero-order valence-corrected chi connectivity index (χ0v) is 41.6. The highest BCUT2D eigenvalue weighted by atomic mass is 16.7. The number of fused-ring (bicyclic) bond motifs is 2. The number of carbonyl (C=O) groups excluding carboxylic acids is 2. The first kappa shape index (κ1) is 54.2. The summed E-state index contributed by atoms with van der Waals surface area (Å²) in [6.07, 6.45) is 20.0. The van der Waals surface area contributed by atoms with Crippen LogP contribution in [0.1, 0.15) is 148 Å². The fraction of sp³-hybridized carbons (Fsp3) is 0.648. The van der Waals surface area contributed by atoms with Crippen molar-refractivity contribution in [3.05, 3.63) is 66.3 Å². The van der Waals surface area contributed by atoms with Crippen LogP contribution in [0.15, 0.2) is 65.9 Å². The Hall–Kier alpha value is -4.79. The van der Waals surface area contributed by atoms with Crippen molar-refractivity contribution in [1.29, 1.82) is 0 Å². The average molecular weight is 948 g/mol. The molecule has 0 unspecified atom stereocenters. The van der Waals surface area contributed by atoms with E-state index >= 15 is 0 Å². The summed E-state index contributed by atoms with van der Waals surface area (Å²) < 4.78 is 37.4. The number of rotatable bonds is 31. The molecule has 0 spiro atoms. The maximum Gasteiger partial charge on any atom is 0.417 e. The number of anilines is 1. The van der Waals surface area contributed by atoms with E-state index < -0.39 is 29.9 Å². The van der Waals surface area contributed by atoms with Gasteiger partial charge in [0.25, 0.3) is 0 Å². The number of allylic oxidation sites excluding steroid dienone is 1. The Kier molecular flexibility index (Phi) is 22.8. The third kappa shape index (κ3) is 14.2. The quantitative estimate of drug-likeness (QED) is 0.0374. The summed E-state index contributed by atoms with van der Waals surface area (Å²) in [5, 5.41) is 27.5. The molecule has 3 aliphatic rings. The van der Waals surface area contributed by atoms with E-state index in [1.54, 1.807) is 42.4 Å². The lowest BCUT2D eigenvalue weighted by Crippen LogP contribution is -2.70. The Balaban J connectivity index is 1.56. The predicted octanol–water partition coefficient (Wildman–Crippen LogP) is 11.7. The lowest BCUT2D eigenvalue weighted by Gasteiger charge is -2.59. The van der Waals surface area contributed by atoms with E-state index in [1.807, 2.05) is 26.0 Å². The van der Waals surface area contributed by atoms with Crippen LogP contribution in [0.5, 0.6) is 23.0 Å². The molecule has 2 amide bonds. The molecule has 0 radical (unpaired) electrons. The van der Waals surface area contributed by atoms with Gasteiger partial charge in [0, 0.05) is 43.7 Å². The van der Waals surface area contributed by atoms with E-state index in [2.05, 4.69) is 24.9 Å². The fourth-order valence-electron chi connectivity index (χ4n) is 10.4. The Morgan fingerprint density at radius 3 is 2.24 bits per heavy atom. The SMILES string of the molecule is C=CCO[C@@]12Oc3ccc(OC(=O)Nc4ccc(OC)cc4OC)cc3[C@H]3[C@H](CCCCO)[C@@H](CCCCO)C=C(C(=NOCC)C[C@@H]1N(CCC)C(=O)OCCCCCCCCCCCC)[C@H]32. The van der Waals surface area contributed by atoms with Gasteiger partial charge >= 0.3 is 12.2 Å². The standard InChI is InChI=1S/C54H81N3O11/c1-7-11-12-13-14-15-16-17-18-23-34-64-53(61)57(30-8-2)49-38-46(56-66-10-4)43-35-39(24-19-21-31-58)42(25-20-22-32-59)50-44-36-41(27-29-47(44)68-54(49,51(43)50)65-33-9-3)67-52(60)55-45-28-26-40(62-5)37-48(45)63-6/h9,26-29,35-37,39,42,49-51,58-59H,3,7-8,10-25,30-34,38H2,1-2,4-6H3,(H,55,60)/t39-,42+,49-,50+,51+,54+/m0/s1. The normalized spacial score (nSPS) is 22.0. The van der Waals surface area contributed by atoms with Gasteiger partial charge in [0.1, 0.15) is 35.6 Å². The number of benzene rings is 2. The van der Waals surface area contributed by atoms with Gasteiger partial charge in [-0.2, -0.15) is 0 Å². The Morgan fingerprint density at radius 2 is 1.57 bits per heavy atom. The number of oxime groups is 1. The lowest BCUT2D eigenvalue weighted by molar-refractivity contribution is -0.255. The highest BCUT2D eigenvalue weighted by Gasteiger charge is 2.65. The summed E-state index contributed by atoms with van der Waals surface area (Å²) >= 11 is 0. The van der Waals surface area contributed by atoms with Gasteiger partial charge in [-0.05, 0) is 93.2 Å². The molecule has 3 N–H and O–H groups in total. The molecule has 2 aromatic carbocycles. The number of aliphatic hydroxyl groups is 2. The van der Waals surface area contributed by atoms with E-state index in [0.29, 0.717) is 73.4 Å². The number of ether oxygens (including phenoxy) is 6. The second-order valence-corrected chi connectivity index (χ2v) is 18.3. The van der Waals surface area contributed by atoms with Crippen molar-refractivity contribution in [2.45, 2.75) is 154 Å². The van der Waals surface area contributed by atoms with Gasteiger partial charge < -0.3 is 43.5 Å². The van der Waals surface area contributed by atoms with Gasteiger partial charge in [0.15, 0.2) is 0 Å². The number of nitrogens with one attached hydrogen (secondary N) is 1. The van der Waals surface area contributed by atoms with Crippen molar-refractivity contribution in [1.82, 2.24) is 4.90 Å². The molecule has 1 aliphatic heterocycles. The third-order valence-corrected chi connectivity index (χ3v) is 13.6. The maximum atomic E-state index is 14.6. The summed E-state index contributed by atoms with van der Waals surface area (Å²) in [6, 6.07) is 9.79. The molecule has 14 nitrogen and oxygen atoms in total. The molecular formula is C54H81N3O11. The van der Waals surface area contributed by atoms with Crippen molar-refractivity contribution in [2.24, 2.45) is 22.9 Å². The molecule has 1 saturated carbocycles. The molecule has 5 rings (SSSR count). The van der Waals surface area contributed by atoms with Crippen LogP contribution in [0.2, 0.25) is 0 Å². The van der Waals surface area contributed by atoms with E-state index in [-0.39, 0.29) is 44.0 Å². The first-order valence-corrected chi connectivity index (χ1v) is 25.6. The summed E-state index contributed by atoms with van der Waals surface area (Å²) in [7, 11) is 3.07. The number of nitrogens with zero attached hydrogens (tertiary/aromatic N) is 2. The minimum atomic E-state index is -1.43. The van der Waals surface area contributed by atoms with Gasteiger partial charge in [-0.3, -0.25) is 10.2 Å². The molecule has 68 heavy (non-hydrogen) atoms. The minimum Gasteiger partial charge on any atom is -0.497 e. The number of methoxy groups -OCH3 is 2. The first-order chi connectivity index (χ1) is 33.2. The lowest BCUT2D eigenvalue weighted by atomic mass is 9.55. The van der Waals surface area contributed by atoms with E-state index in [1.165, 1.54) is 52.1 Å². The number of aliphatic hydroxyl groups excluding tert-OH is 2. The van der Waals surface area contributed by atoms with Crippen LogP contribution in [-0.2, 0) is 14.3 Å². The molecule has 378 valence electrons. The molecular weight excluding hydrogens is 867 g/mol. The van der Waals surface area contributed by atoms with Gasteiger partial charge in [-0.15, -0.1) is 6.58 Å². The van der Waals surface area contributed by atoms with Gasteiger partial charge in [0.2, 0.25) is 5.79 Å². The zero-order chi connectivity index (χ0) is 48.7. The number of amides is 2. The summed E-state index contributed by atoms with van der Waals surface area (Å²) in [5.41, 5.74) is 2.87. The molecule has 0 saturated heterocycles. The molecule has 2 aromatic rings. The van der Waals surface area contributed by atoms with Gasteiger partial charge in [-0.25, -0.2) is 9.59 Å². The number of carbonyl (C=O) groups is 2. The van der Waals surface area contributed by atoms with Crippen molar-refractivity contribution in [2.75, 3.05) is 59.1 Å². The summed E-state index contributed by atoms with van der Waals surface area (Å²) in [4.78, 5) is 35.8. The number of hydrogen-bond donors (Lipinski definition) is 3.